The first-order valence-corrected chi connectivity index (χ1v) is 9.06. The lowest BCUT2D eigenvalue weighted by atomic mass is 10.1. The van der Waals surface area contributed by atoms with Crippen LogP contribution in [0.1, 0.15) is 36.7 Å². The Kier molecular flexibility index (Phi) is 4.97. The fourth-order valence-corrected chi connectivity index (χ4v) is 3.60. The van der Waals surface area contributed by atoms with Crippen LogP contribution in [0.25, 0.3) is 10.1 Å². The van der Waals surface area contributed by atoms with Gasteiger partial charge in [-0.25, -0.2) is 9.78 Å². The average Bonchev–Trinajstić information content (AvgIpc) is 2.96. The number of hydrogen-bond acceptors (Lipinski definition) is 5. The number of esters is 1. The largest absolute Gasteiger partial charge is 0.489 e. The molecule has 3 aromatic rings. The molecule has 0 aliphatic rings. The SMILES string of the molecule is CC(C)(C)OC(=O)c1cccc(OCc2csc3ccnc(Cl)c23)c1. The lowest BCUT2D eigenvalue weighted by Crippen LogP contribution is -2.23. The number of rotatable bonds is 4. The quantitative estimate of drug-likeness (QED) is 0.447. The highest BCUT2D eigenvalue weighted by atomic mass is 35.5. The summed E-state index contributed by atoms with van der Waals surface area (Å²) in [7, 11) is 0. The van der Waals surface area contributed by atoms with Crippen LogP contribution in [-0.2, 0) is 11.3 Å². The maximum Gasteiger partial charge on any atom is 0.338 e. The molecule has 0 bridgehead atoms. The second kappa shape index (κ2) is 7.02. The van der Waals surface area contributed by atoms with Crippen LogP contribution < -0.4 is 4.74 Å². The average molecular weight is 376 g/mol. The Hall–Kier alpha value is -2.11. The van der Waals surface area contributed by atoms with Gasteiger partial charge >= 0.3 is 5.97 Å². The number of hydrogen-bond donors (Lipinski definition) is 0. The van der Waals surface area contributed by atoms with E-state index in [4.69, 9.17) is 21.1 Å². The minimum absolute atomic E-state index is 0.350. The molecule has 130 valence electrons. The number of fused-ring (bicyclic) bond motifs is 1. The van der Waals surface area contributed by atoms with Crippen molar-refractivity contribution < 1.29 is 14.3 Å². The van der Waals surface area contributed by atoms with E-state index in [1.807, 2.05) is 38.3 Å². The smallest absolute Gasteiger partial charge is 0.338 e. The molecule has 0 fully saturated rings. The lowest BCUT2D eigenvalue weighted by molar-refractivity contribution is 0.00691. The molecular weight excluding hydrogens is 358 g/mol. The number of ether oxygens (including phenoxy) is 2. The summed E-state index contributed by atoms with van der Waals surface area (Å²) >= 11 is 7.79. The predicted octanol–water partition coefficient (Wildman–Crippen LogP) is 5.48. The van der Waals surface area contributed by atoms with Crippen molar-refractivity contribution in [2.45, 2.75) is 33.0 Å². The van der Waals surface area contributed by atoms with Crippen LogP contribution in [0.15, 0.2) is 41.9 Å². The minimum atomic E-state index is -0.534. The third-order valence-electron chi connectivity index (χ3n) is 3.38. The van der Waals surface area contributed by atoms with Gasteiger partial charge < -0.3 is 9.47 Å². The van der Waals surface area contributed by atoms with Gasteiger partial charge in [0.05, 0.1) is 5.56 Å². The number of aromatic nitrogens is 1. The number of carbonyl (C=O) groups is 1. The molecule has 0 saturated heterocycles. The zero-order valence-corrected chi connectivity index (χ0v) is 15.8. The Balaban J connectivity index is 1.75. The van der Waals surface area contributed by atoms with Gasteiger partial charge in [0.25, 0.3) is 0 Å². The molecule has 6 heteroatoms. The maximum atomic E-state index is 12.2. The van der Waals surface area contributed by atoms with Crippen molar-refractivity contribution in [3.8, 4) is 5.75 Å². The first kappa shape index (κ1) is 17.7. The van der Waals surface area contributed by atoms with Crippen LogP contribution in [0, 0.1) is 0 Å². The normalized spacial score (nSPS) is 11.5. The fraction of sp³-hybridized carbons (Fsp3) is 0.263. The molecule has 0 aliphatic carbocycles. The van der Waals surface area contributed by atoms with Crippen LogP contribution >= 0.6 is 22.9 Å². The number of halogens is 1. The molecule has 0 saturated carbocycles. The number of nitrogens with zero attached hydrogens (tertiary/aromatic N) is 1. The molecule has 0 unspecified atom stereocenters. The van der Waals surface area contributed by atoms with Crippen molar-refractivity contribution in [2.24, 2.45) is 0 Å². The van der Waals surface area contributed by atoms with Crippen molar-refractivity contribution in [3.05, 3.63) is 58.2 Å². The number of benzene rings is 1. The Morgan fingerprint density at radius 1 is 1.28 bits per heavy atom. The third-order valence-corrected chi connectivity index (χ3v) is 4.66. The standard InChI is InChI=1S/C19H18ClNO3S/c1-19(2,3)24-18(22)12-5-4-6-14(9-12)23-10-13-11-25-15-7-8-21-17(20)16(13)15/h4-9,11H,10H2,1-3H3. The van der Waals surface area contributed by atoms with Crippen molar-refractivity contribution in [1.82, 2.24) is 4.98 Å². The van der Waals surface area contributed by atoms with Gasteiger partial charge in [-0.2, -0.15) is 0 Å². The maximum absolute atomic E-state index is 12.2. The molecule has 0 aliphatic heterocycles. The van der Waals surface area contributed by atoms with Crippen molar-refractivity contribution in [1.29, 1.82) is 0 Å². The number of thiophene rings is 1. The van der Waals surface area contributed by atoms with E-state index in [2.05, 4.69) is 4.98 Å². The Morgan fingerprint density at radius 3 is 2.84 bits per heavy atom. The summed E-state index contributed by atoms with van der Waals surface area (Å²) < 4.78 is 12.3. The molecule has 0 N–H and O–H groups in total. The van der Waals surface area contributed by atoms with Gasteiger partial charge in [0, 0.05) is 21.8 Å². The van der Waals surface area contributed by atoms with E-state index in [0.717, 1.165) is 15.6 Å². The molecule has 0 amide bonds. The summed E-state index contributed by atoms with van der Waals surface area (Å²) in [6.45, 7) is 5.86. The second-order valence-corrected chi connectivity index (χ2v) is 7.82. The number of pyridine rings is 1. The monoisotopic (exact) mass is 375 g/mol. The van der Waals surface area contributed by atoms with Crippen molar-refractivity contribution >= 4 is 39.0 Å². The first-order valence-electron chi connectivity index (χ1n) is 7.80. The molecular formula is C19H18ClNO3S. The van der Waals surface area contributed by atoms with Gasteiger partial charge in [-0.05, 0) is 50.4 Å². The Bertz CT molecular complexity index is 914. The van der Waals surface area contributed by atoms with Crippen molar-refractivity contribution in [2.75, 3.05) is 0 Å². The number of carbonyl (C=O) groups excluding carboxylic acids is 1. The molecule has 25 heavy (non-hydrogen) atoms. The van der Waals surface area contributed by atoms with Gasteiger partial charge in [-0.1, -0.05) is 17.7 Å². The highest BCUT2D eigenvalue weighted by Crippen LogP contribution is 2.31. The highest BCUT2D eigenvalue weighted by molar-refractivity contribution is 7.17. The molecule has 3 rings (SSSR count). The van der Waals surface area contributed by atoms with Crippen LogP contribution in [0.4, 0.5) is 0 Å². The summed E-state index contributed by atoms with van der Waals surface area (Å²) in [5.41, 5.74) is 0.899. The summed E-state index contributed by atoms with van der Waals surface area (Å²) in [4.78, 5) is 16.3. The molecule has 2 aromatic heterocycles. The minimum Gasteiger partial charge on any atom is -0.489 e. The summed E-state index contributed by atoms with van der Waals surface area (Å²) in [5, 5.41) is 3.40. The van der Waals surface area contributed by atoms with Crippen LogP contribution in [0.2, 0.25) is 5.15 Å². The second-order valence-electron chi connectivity index (χ2n) is 6.55. The fourth-order valence-electron chi connectivity index (χ4n) is 2.32. The predicted molar refractivity (Wildman–Crippen MR) is 101 cm³/mol. The van der Waals surface area contributed by atoms with Crippen LogP contribution in [0.5, 0.6) is 5.75 Å². The first-order chi connectivity index (χ1) is 11.8. The van der Waals surface area contributed by atoms with E-state index < -0.39 is 5.60 Å². The Labute approximate surface area is 155 Å². The summed E-state index contributed by atoms with van der Waals surface area (Å²) in [6.07, 6.45) is 1.69. The van der Waals surface area contributed by atoms with Gasteiger partial charge in [-0.3, -0.25) is 0 Å². The van der Waals surface area contributed by atoms with E-state index in [1.54, 1.807) is 35.7 Å². The van der Waals surface area contributed by atoms with Gasteiger partial charge in [0.1, 0.15) is 23.1 Å². The van der Waals surface area contributed by atoms with Crippen molar-refractivity contribution in [3.63, 3.8) is 0 Å². The van der Waals surface area contributed by atoms with E-state index in [0.29, 0.717) is 23.1 Å². The lowest BCUT2D eigenvalue weighted by Gasteiger charge is -2.19. The summed E-state index contributed by atoms with van der Waals surface area (Å²) in [6, 6.07) is 8.90. The van der Waals surface area contributed by atoms with Crippen LogP contribution in [-0.4, -0.2) is 16.6 Å². The van der Waals surface area contributed by atoms with Gasteiger partial charge in [0.2, 0.25) is 0 Å². The molecule has 0 spiro atoms. The van der Waals surface area contributed by atoms with Crippen LogP contribution in [0.3, 0.4) is 0 Å². The third kappa shape index (κ3) is 4.30. The molecule has 0 atom stereocenters. The van der Waals surface area contributed by atoms with Gasteiger partial charge in [-0.15, -0.1) is 11.3 Å². The van der Waals surface area contributed by atoms with E-state index in [9.17, 15) is 4.79 Å². The summed E-state index contributed by atoms with van der Waals surface area (Å²) in [5.74, 6) is 0.230. The van der Waals surface area contributed by atoms with Gasteiger partial charge in [0.15, 0.2) is 0 Å². The van der Waals surface area contributed by atoms with E-state index in [-0.39, 0.29) is 5.97 Å². The van der Waals surface area contributed by atoms with E-state index >= 15 is 0 Å². The highest BCUT2D eigenvalue weighted by Gasteiger charge is 2.18. The zero-order valence-electron chi connectivity index (χ0n) is 14.2. The Morgan fingerprint density at radius 2 is 2.08 bits per heavy atom. The van der Waals surface area contributed by atoms with E-state index in [1.165, 1.54) is 0 Å². The zero-order chi connectivity index (χ0) is 18.0. The molecule has 1 aromatic carbocycles. The topological polar surface area (TPSA) is 48.4 Å². The molecule has 0 radical (unpaired) electrons. The molecule has 2 heterocycles. The molecule has 4 nitrogen and oxygen atoms in total.